The number of fused-ring (bicyclic) bond motifs is 1. The van der Waals surface area contributed by atoms with Gasteiger partial charge >= 0.3 is 0 Å². The normalized spacial score (nSPS) is 11.7. The van der Waals surface area contributed by atoms with Gasteiger partial charge in [-0.1, -0.05) is 29.8 Å². The molecule has 0 amide bonds. The molecular formula is C14H13N3O2S. The Bertz CT molecular complexity index is 852. The number of imidazole rings is 1. The highest BCUT2D eigenvalue weighted by Gasteiger charge is 2.15. The zero-order valence-electron chi connectivity index (χ0n) is 10.8. The second-order valence-electron chi connectivity index (χ2n) is 4.51. The summed E-state index contributed by atoms with van der Waals surface area (Å²) in [6.45, 7) is 1.91. The average Bonchev–Trinajstić information content (AvgIpc) is 2.82. The Morgan fingerprint density at radius 1 is 1.05 bits per heavy atom. The van der Waals surface area contributed by atoms with E-state index in [0.29, 0.717) is 5.52 Å². The Hall–Kier alpha value is -2.34. The molecule has 1 heterocycles. The third kappa shape index (κ3) is 2.25. The van der Waals surface area contributed by atoms with E-state index in [-0.39, 0.29) is 4.90 Å². The van der Waals surface area contributed by atoms with Crippen LogP contribution in [0.15, 0.2) is 59.8 Å². The quantitative estimate of drug-likeness (QED) is 0.803. The monoisotopic (exact) mass is 287 g/mol. The smallest absolute Gasteiger partial charge is 0.235 e. The van der Waals surface area contributed by atoms with Crippen LogP contribution in [-0.2, 0) is 10.0 Å². The maximum Gasteiger partial charge on any atom is 0.275 e. The average molecular weight is 287 g/mol. The number of benzene rings is 2. The van der Waals surface area contributed by atoms with Crippen LogP contribution in [0.5, 0.6) is 0 Å². The van der Waals surface area contributed by atoms with E-state index in [1.54, 1.807) is 30.3 Å². The van der Waals surface area contributed by atoms with Crippen LogP contribution in [0.2, 0.25) is 0 Å². The van der Waals surface area contributed by atoms with E-state index in [1.807, 2.05) is 25.1 Å². The van der Waals surface area contributed by atoms with Crippen LogP contribution in [0, 0.1) is 6.92 Å². The van der Waals surface area contributed by atoms with Crippen LogP contribution < -0.4 is 4.83 Å². The Morgan fingerprint density at radius 2 is 1.75 bits per heavy atom. The van der Waals surface area contributed by atoms with Crippen molar-refractivity contribution in [1.29, 1.82) is 0 Å². The maximum atomic E-state index is 12.3. The van der Waals surface area contributed by atoms with Gasteiger partial charge in [-0.05, 0) is 31.2 Å². The van der Waals surface area contributed by atoms with E-state index in [1.165, 1.54) is 11.0 Å². The highest BCUT2D eigenvalue weighted by Crippen LogP contribution is 2.14. The zero-order valence-corrected chi connectivity index (χ0v) is 11.6. The number of sulfonamides is 1. The lowest BCUT2D eigenvalue weighted by atomic mass is 10.2. The molecule has 0 fully saturated rings. The van der Waals surface area contributed by atoms with Gasteiger partial charge in [-0.2, -0.15) is 8.42 Å². The van der Waals surface area contributed by atoms with Crippen molar-refractivity contribution < 1.29 is 8.42 Å². The molecule has 0 saturated carbocycles. The molecule has 102 valence electrons. The number of nitrogens with one attached hydrogen (secondary N) is 1. The molecule has 0 atom stereocenters. The molecule has 0 spiro atoms. The lowest BCUT2D eigenvalue weighted by molar-refractivity contribution is 0.596. The molecule has 0 radical (unpaired) electrons. The number of rotatable bonds is 3. The van der Waals surface area contributed by atoms with Crippen LogP contribution in [0.1, 0.15) is 5.56 Å². The van der Waals surface area contributed by atoms with Crippen molar-refractivity contribution in [1.82, 2.24) is 9.66 Å². The largest absolute Gasteiger partial charge is 0.275 e. The van der Waals surface area contributed by atoms with Crippen molar-refractivity contribution in [3.8, 4) is 0 Å². The maximum absolute atomic E-state index is 12.3. The molecule has 5 nitrogen and oxygen atoms in total. The molecule has 3 aromatic rings. The van der Waals surface area contributed by atoms with Crippen molar-refractivity contribution in [3.05, 3.63) is 60.4 Å². The van der Waals surface area contributed by atoms with Crippen LogP contribution in [0.4, 0.5) is 0 Å². The first kappa shape index (κ1) is 12.7. The Labute approximate surface area is 116 Å². The van der Waals surface area contributed by atoms with Crippen LogP contribution in [-0.4, -0.2) is 18.1 Å². The molecular weight excluding hydrogens is 274 g/mol. The van der Waals surface area contributed by atoms with Crippen LogP contribution in [0.25, 0.3) is 11.0 Å². The van der Waals surface area contributed by atoms with Crippen molar-refractivity contribution in [2.24, 2.45) is 0 Å². The fourth-order valence-electron chi connectivity index (χ4n) is 1.93. The highest BCUT2D eigenvalue weighted by atomic mass is 32.2. The van der Waals surface area contributed by atoms with Gasteiger partial charge in [0.25, 0.3) is 10.0 Å². The minimum atomic E-state index is -3.62. The van der Waals surface area contributed by atoms with Crippen molar-refractivity contribution in [2.75, 3.05) is 4.83 Å². The van der Waals surface area contributed by atoms with Gasteiger partial charge in [-0.15, -0.1) is 0 Å². The predicted octanol–water partition coefficient (Wildman–Crippen LogP) is 2.28. The topological polar surface area (TPSA) is 64.0 Å². The van der Waals surface area contributed by atoms with E-state index >= 15 is 0 Å². The van der Waals surface area contributed by atoms with E-state index in [2.05, 4.69) is 9.82 Å². The summed E-state index contributed by atoms with van der Waals surface area (Å²) >= 11 is 0. The first-order chi connectivity index (χ1) is 9.56. The molecule has 0 aliphatic carbocycles. The van der Waals surface area contributed by atoms with E-state index in [4.69, 9.17) is 0 Å². The van der Waals surface area contributed by atoms with Gasteiger partial charge in [0.1, 0.15) is 6.33 Å². The summed E-state index contributed by atoms with van der Waals surface area (Å²) in [5.41, 5.74) is 2.46. The molecule has 0 saturated heterocycles. The SMILES string of the molecule is Cc1ccc(S(=O)(=O)Nn2cnc3ccccc32)cc1. The lowest BCUT2D eigenvalue weighted by Crippen LogP contribution is -2.22. The lowest BCUT2D eigenvalue weighted by Gasteiger charge is -2.09. The molecule has 1 N–H and O–H groups in total. The number of hydrogen-bond acceptors (Lipinski definition) is 3. The number of hydrogen-bond donors (Lipinski definition) is 1. The van der Waals surface area contributed by atoms with Gasteiger partial charge < -0.3 is 0 Å². The molecule has 0 aliphatic heterocycles. The summed E-state index contributed by atoms with van der Waals surface area (Å²) < 4.78 is 26.0. The number of aromatic nitrogens is 2. The molecule has 20 heavy (non-hydrogen) atoms. The third-order valence-corrected chi connectivity index (χ3v) is 4.33. The van der Waals surface area contributed by atoms with Crippen LogP contribution in [0.3, 0.4) is 0 Å². The molecule has 0 aliphatic rings. The third-order valence-electron chi connectivity index (χ3n) is 3.00. The van der Waals surface area contributed by atoms with Crippen molar-refractivity contribution >= 4 is 21.1 Å². The molecule has 2 aromatic carbocycles. The summed E-state index contributed by atoms with van der Waals surface area (Å²) in [7, 11) is -3.62. The Balaban J connectivity index is 1.99. The zero-order chi connectivity index (χ0) is 14.2. The molecule has 0 unspecified atom stereocenters. The van der Waals surface area contributed by atoms with Gasteiger partial charge in [0, 0.05) is 0 Å². The first-order valence-electron chi connectivity index (χ1n) is 6.08. The standard InChI is InChI=1S/C14H13N3O2S/c1-11-6-8-12(9-7-11)20(18,19)16-17-10-15-13-4-2-3-5-14(13)17/h2-10,16H,1H3. The summed E-state index contributed by atoms with van der Waals surface area (Å²) in [6.07, 6.45) is 1.45. The van der Waals surface area contributed by atoms with Gasteiger partial charge in [-0.3, -0.25) is 0 Å². The summed E-state index contributed by atoms with van der Waals surface area (Å²) in [5.74, 6) is 0. The number of nitrogens with zero attached hydrogens (tertiary/aromatic N) is 2. The predicted molar refractivity (Wildman–Crippen MR) is 77.5 cm³/mol. The van der Waals surface area contributed by atoms with E-state index in [9.17, 15) is 8.42 Å². The second kappa shape index (κ2) is 4.64. The fraction of sp³-hybridized carbons (Fsp3) is 0.0714. The van der Waals surface area contributed by atoms with Gasteiger partial charge in [-0.25, -0.2) is 14.5 Å². The fourth-order valence-corrected chi connectivity index (χ4v) is 2.94. The minimum absolute atomic E-state index is 0.223. The van der Waals surface area contributed by atoms with Gasteiger partial charge in [0.05, 0.1) is 15.9 Å². The van der Waals surface area contributed by atoms with Crippen molar-refractivity contribution in [3.63, 3.8) is 0 Å². The summed E-state index contributed by atoms with van der Waals surface area (Å²) in [5, 5.41) is 0. The van der Waals surface area contributed by atoms with Crippen molar-refractivity contribution in [2.45, 2.75) is 11.8 Å². The molecule has 6 heteroatoms. The molecule has 3 rings (SSSR count). The molecule has 0 bridgehead atoms. The molecule has 1 aromatic heterocycles. The summed E-state index contributed by atoms with van der Waals surface area (Å²) in [6, 6.07) is 14.0. The van der Waals surface area contributed by atoms with Gasteiger partial charge in [0.15, 0.2) is 0 Å². The first-order valence-corrected chi connectivity index (χ1v) is 7.56. The van der Waals surface area contributed by atoms with Gasteiger partial charge in [0.2, 0.25) is 0 Å². The summed E-state index contributed by atoms with van der Waals surface area (Å²) in [4.78, 5) is 6.87. The Kier molecular flexibility index (Phi) is 2.94. The van der Waals surface area contributed by atoms with Crippen LogP contribution >= 0.6 is 0 Å². The minimum Gasteiger partial charge on any atom is -0.235 e. The highest BCUT2D eigenvalue weighted by molar-refractivity contribution is 7.92. The van der Waals surface area contributed by atoms with E-state index < -0.39 is 10.0 Å². The Morgan fingerprint density at radius 3 is 2.50 bits per heavy atom. The number of aryl methyl sites for hydroxylation is 1. The number of para-hydroxylation sites is 2. The second-order valence-corrected chi connectivity index (χ2v) is 6.17. The van der Waals surface area contributed by atoms with E-state index in [0.717, 1.165) is 11.1 Å².